The molecule has 0 spiro atoms. The minimum absolute atomic E-state index is 0.568. The van der Waals surface area contributed by atoms with E-state index in [4.69, 9.17) is 0 Å². The number of nitrogens with zero attached hydrogens (tertiary/aromatic N) is 4. The number of hydrogen-bond acceptors (Lipinski definition) is 2. The van der Waals surface area contributed by atoms with E-state index in [0.29, 0.717) is 12.1 Å². The van der Waals surface area contributed by atoms with Crippen LogP contribution in [0.4, 0.5) is 0 Å². The molecule has 300 valence electrons. The standard InChI is InChI=1S/C36H44N4.C16H16Br2/c1-37-23-13-21-35(37)33-19-11-27-39(29-33)25-9-3-5-15-31-17-7-8-18-32(31)16-6-4-10-26-40-28-12-20-34(30-40)36-22-14-24-38(36)2;17-13-7-1-3-9-15-11-5-6-12-16(15)10-4-2-8-14-18/h7-8,11-12,17-20,27-30,35-36H,3-4,9-10,13-14,21-26H2,1-2H3;5-6,11-12H,1-2,7-8,13-14H2/q+2;. The van der Waals surface area contributed by atoms with Gasteiger partial charge < -0.3 is 0 Å². The molecule has 2 aliphatic rings. The van der Waals surface area contributed by atoms with Crippen molar-refractivity contribution >= 4 is 31.9 Å². The highest BCUT2D eigenvalue weighted by Crippen LogP contribution is 2.30. The lowest BCUT2D eigenvalue weighted by Crippen LogP contribution is -2.34. The summed E-state index contributed by atoms with van der Waals surface area (Å²) in [6, 6.07) is 26.5. The predicted octanol–water partition coefficient (Wildman–Crippen LogP) is 10.2. The van der Waals surface area contributed by atoms with Gasteiger partial charge in [0.25, 0.3) is 0 Å². The number of aryl methyl sites for hydroxylation is 2. The molecule has 2 aromatic carbocycles. The van der Waals surface area contributed by atoms with Crippen LogP contribution in [0.15, 0.2) is 97.6 Å². The van der Waals surface area contributed by atoms with Crippen molar-refractivity contribution in [1.29, 1.82) is 0 Å². The van der Waals surface area contributed by atoms with Gasteiger partial charge in [-0.3, -0.25) is 9.80 Å². The van der Waals surface area contributed by atoms with E-state index in [2.05, 4.69) is 186 Å². The smallest absolute Gasteiger partial charge is 0.173 e. The largest absolute Gasteiger partial charge is 0.299 e. The van der Waals surface area contributed by atoms with Crippen LogP contribution >= 0.6 is 31.9 Å². The van der Waals surface area contributed by atoms with Gasteiger partial charge in [-0.25, -0.2) is 9.13 Å². The Labute approximate surface area is 367 Å². The molecule has 2 atom stereocenters. The summed E-state index contributed by atoms with van der Waals surface area (Å²) in [5.74, 6) is 26.4. The lowest BCUT2D eigenvalue weighted by Gasteiger charge is -2.18. The van der Waals surface area contributed by atoms with Gasteiger partial charge in [0.15, 0.2) is 24.8 Å². The Kier molecular flexibility index (Phi) is 20.2. The maximum Gasteiger partial charge on any atom is 0.173 e. The monoisotopic (exact) mass is 898 g/mol. The molecule has 6 rings (SSSR count). The average Bonchev–Trinajstić information content (AvgIpc) is 3.89. The normalized spacial score (nSPS) is 16.0. The van der Waals surface area contributed by atoms with Crippen molar-refractivity contribution < 1.29 is 9.13 Å². The average molecular weight is 901 g/mol. The summed E-state index contributed by atoms with van der Waals surface area (Å²) >= 11 is 6.81. The van der Waals surface area contributed by atoms with Crippen LogP contribution in [0.25, 0.3) is 0 Å². The Morgan fingerprint density at radius 2 is 0.879 bits per heavy atom. The fraction of sp³-hybridized carbons (Fsp3) is 0.423. The number of benzene rings is 2. The molecule has 0 aliphatic carbocycles. The van der Waals surface area contributed by atoms with Crippen LogP contribution in [-0.2, 0) is 13.1 Å². The lowest BCUT2D eigenvalue weighted by molar-refractivity contribution is -0.697. The highest BCUT2D eigenvalue weighted by molar-refractivity contribution is 9.09. The molecule has 2 unspecified atom stereocenters. The lowest BCUT2D eigenvalue weighted by atomic mass is 10.1. The second-order valence-electron chi connectivity index (χ2n) is 15.1. The van der Waals surface area contributed by atoms with Crippen molar-refractivity contribution in [1.82, 2.24) is 9.80 Å². The highest BCUT2D eigenvalue weighted by Gasteiger charge is 2.25. The summed E-state index contributed by atoms with van der Waals surface area (Å²) < 4.78 is 4.65. The summed E-state index contributed by atoms with van der Waals surface area (Å²) in [5.41, 5.74) is 7.03. The Morgan fingerprint density at radius 3 is 1.21 bits per heavy atom. The first-order valence-electron chi connectivity index (χ1n) is 21.2. The van der Waals surface area contributed by atoms with E-state index in [1.807, 2.05) is 24.3 Å². The minimum Gasteiger partial charge on any atom is -0.299 e. The van der Waals surface area contributed by atoms with Gasteiger partial charge in [0.1, 0.15) is 13.1 Å². The molecule has 4 heterocycles. The Balaban J connectivity index is 0.000000299. The van der Waals surface area contributed by atoms with Crippen LogP contribution < -0.4 is 9.13 Å². The van der Waals surface area contributed by atoms with Crippen LogP contribution in [-0.4, -0.2) is 47.6 Å². The van der Waals surface area contributed by atoms with Crippen LogP contribution in [0.3, 0.4) is 0 Å². The third kappa shape index (κ3) is 15.2. The van der Waals surface area contributed by atoms with Crippen LogP contribution in [0.1, 0.15) is 123 Å². The molecule has 2 aromatic heterocycles. The quantitative estimate of drug-likeness (QED) is 0.0609. The highest BCUT2D eigenvalue weighted by atomic mass is 79.9. The molecular weight excluding hydrogens is 840 g/mol. The molecular formula is C52H60Br2N4+2. The number of pyridine rings is 2. The van der Waals surface area contributed by atoms with Gasteiger partial charge in [0.2, 0.25) is 0 Å². The van der Waals surface area contributed by atoms with Crippen molar-refractivity contribution in [2.75, 3.05) is 37.8 Å². The molecule has 0 amide bonds. The van der Waals surface area contributed by atoms with E-state index in [0.717, 1.165) is 97.4 Å². The number of unbranched alkanes of at least 4 members (excludes halogenated alkanes) is 4. The molecule has 4 nitrogen and oxygen atoms in total. The number of halogens is 2. The summed E-state index contributed by atoms with van der Waals surface area (Å²) in [4.78, 5) is 4.94. The first kappa shape index (κ1) is 45.0. The molecule has 6 heteroatoms. The predicted molar refractivity (Wildman–Crippen MR) is 247 cm³/mol. The third-order valence-electron chi connectivity index (χ3n) is 10.6. The van der Waals surface area contributed by atoms with E-state index in [-0.39, 0.29) is 0 Å². The molecule has 0 N–H and O–H groups in total. The minimum atomic E-state index is 0.568. The molecule has 0 radical (unpaired) electrons. The summed E-state index contributed by atoms with van der Waals surface area (Å²) in [7, 11) is 4.48. The van der Waals surface area contributed by atoms with Crippen molar-refractivity contribution in [2.24, 2.45) is 0 Å². The van der Waals surface area contributed by atoms with E-state index in [1.165, 1.54) is 49.9 Å². The topological polar surface area (TPSA) is 14.2 Å². The molecule has 2 saturated heterocycles. The number of likely N-dealkylation sites (tertiary alicyclic amines) is 2. The fourth-order valence-corrected chi connectivity index (χ4v) is 8.02. The van der Waals surface area contributed by atoms with E-state index in [1.54, 1.807) is 0 Å². The number of aromatic nitrogens is 2. The summed E-state index contributed by atoms with van der Waals surface area (Å²) in [5, 5.41) is 2.02. The zero-order valence-electron chi connectivity index (χ0n) is 34.7. The maximum absolute atomic E-state index is 3.41. The fourth-order valence-electron chi connectivity index (χ4n) is 7.46. The van der Waals surface area contributed by atoms with E-state index < -0.39 is 0 Å². The number of rotatable bonds is 12. The van der Waals surface area contributed by atoms with Gasteiger partial charge in [-0.2, -0.15) is 0 Å². The van der Waals surface area contributed by atoms with Crippen molar-refractivity contribution in [3.63, 3.8) is 0 Å². The molecule has 0 bridgehead atoms. The van der Waals surface area contributed by atoms with Gasteiger partial charge >= 0.3 is 0 Å². The molecule has 0 saturated carbocycles. The molecule has 2 aliphatic heterocycles. The Hall–Kier alpha value is -4.14. The van der Waals surface area contributed by atoms with Crippen molar-refractivity contribution in [2.45, 2.75) is 102 Å². The molecule has 4 aromatic rings. The second kappa shape index (κ2) is 26.1. The van der Waals surface area contributed by atoms with Crippen molar-refractivity contribution in [3.8, 4) is 47.4 Å². The summed E-state index contributed by atoms with van der Waals surface area (Å²) in [6.45, 7) is 4.40. The summed E-state index contributed by atoms with van der Waals surface area (Å²) in [6.07, 6.45) is 22.0. The number of alkyl halides is 2. The SMILES string of the molecule is BrCCCC#Cc1ccccc1C#CCCCBr.CN1CCCC1c1ccc[n+](CCCC#Cc2ccccc2C#CCCC[n+]2cccc(C3CCCN3C)c2)c1. The van der Waals surface area contributed by atoms with E-state index >= 15 is 0 Å². The first-order valence-corrected chi connectivity index (χ1v) is 23.4. The molecule has 2 fully saturated rings. The zero-order valence-corrected chi connectivity index (χ0v) is 37.8. The number of hydrogen-bond donors (Lipinski definition) is 0. The van der Waals surface area contributed by atoms with Gasteiger partial charge in [-0.15, -0.1) is 0 Å². The van der Waals surface area contributed by atoms with Gasteiger partial charge in [0.05, 0.1) is 0 Å². The van der Waals surface area contributed by atoms with Gasteiger partial charge in [-0.05, 0) is 102 Å². The maximum atomic E-state index is 3.41. The third-order valence-corrected chi connectivity index (χ3v) is 11.7. The van der Waals surface area contributed by atoms with Crippen LogP contribution in [0.5, 0.6) is 0 Å². The Bertz CT molecular complexity index is 1980. The van der Waals surface area contributed by atoms with Crippen LogP contribution in [0.2, 0.25) is 0 Å². The molecule has 58 heavy (non-hydrogen) atoms. The van der Waals surface area contributed by atoms with Crippen molar-refractivity contribution in [3.05, 3.63) is 131 Å². The van der Waals surface area contributed by atoms with Crippen LogP contribution in [0, 0.1) is 47.4 Å². The zero-order chi connectivity index (χ0) is 40.6. The van der Waals surface area contributed by atoms with Gasteiger partial charge in [-0.1, -0.05) is 103 Å². The first-order chi connectivity index (χ1) is 28.6. The van der Waals surface area contributed by atoms with Gasteiger partial charge in [0, 0.05) is 107 Å². The van der Waals surface area contributed by atoms with E-state index in [9.17, 15) is 0 Å². The second-order valence-corrected chi connectivity index (χ2v) is 16.7. The Morgan fingerprint density at radius 1 is 0.517 bits per heavy atom.